The van der Waals surface area contributed by atoms with Crippen molar-refractivity contribution in [3.63, 3.8) is 0 Å². The maximum absolute atomic E-state index is 13.0. The molecule has 3 aromatic rings. The molecule has 0 aliphatic carbocycles. The molecule has 2 amide bonds. The van der Waals surface area contributed by atoms with Crippen LogP contribution >= 0.6 is 24.0 Å². The minimum atomic E-state index is -0.489. The molecule has 0 saturated carbocycles. The van der Waals surface area contributed by atoms with Gasteiger partial charge < -0.3 is 14.2 Å². The number of amides is 2. The van der Waals surface area contributed by atoms with E-state index in [0.717, 1.165) is 16.8 Å². The number of hydrazine groups is 1. The molecule has 10 nitrogen and oxygen atoms in total. The van der Waals surface area contributed by atoms with Crippen molar-refractivity contribution >= 4 is 51.9 Å². The van der Waals surface area contributed by atoms with Gasteiger partial charge in [-0.25, -0.2) is 0 Å². The number of nitro groups is 1. The van der Waals surface area contributed by atoms with Gasteiger partial charge in [0.15, 0.2) is 15.8 Å². The third-order valence-corrected chi connectivity index (χ3v) is 6.66. The first-order valence-electron chi connectivity index (χ1n) is 11.1. The molecule has 1 aliphatic rings. The Kier molecular flexibility index (Phi) is 8.24. The van der Waals surface area contributed by atoms with Gasteiger partial charge in [-0.1, -0.05) is 30.0 Å². The van der Waals surface area contributed by atoms with E-state index in [-0.39, 0.29) is 16.6 Å². The number of rotatable bonds is 9. The van der Waals surface area contributed by atoms with Gasteiger partial charge in [-0.3, -0.25) is 25.1 Å². The zero-order chi connectivity index (χ0) is 27.2. The number of ether oxygens (including phenoxy) is 3. The van der Waals surface area contributed by atoms with Gasteiger partial charge in [0.25, 0.3) is 17.5 Å². The van der Waals surface area contributed by atoms with Crippen molar-refractivity contribution < 1.29 is 28.7 Å². The maximum atomic E-state index is 13.0. The van der Waals surface area contributed by atoms with Gasteiger partial charge in [0, 0.05) is 17.7 Å². The lowest BCUT2D eigenvalue weighted by Crippen LogP contribution is -2.44. The monoisotopic (exact) mass is 551 g/mol. The number of hydrogen-bond acceptors (Lipinski definition) is 9. The third-order valence-electron chi connectivity index (χ3n) is 5.36. The molecule has 0 aromatic heterocycles. The summed E-state index contributed by atoms with van der Waals surface area (Å²) in [6.07, 6.45) is 1.63. The number of methoxy groups -OCH3 is 2. The van der Waals surface area contributed by atoms with Crippen molar-refractivity contribution in [3.8, 4) is 17.2 Å². The van der Waals surface area contributed by atoms with Crippen molar-refractivity contribution in [2.75, 3.05) is 14.2 Å². The Morgan fingerprint density at radius 2 is 1.84 bits per heavy atom. The van der Waals surface area contributed by atoms with Crippen LogP contribution in [0.15, 0.2) is 71.6 Å². The fraction of sp³-hybridized carbons (Fsp3) is 0.115. The van der Waals surface area contributed by atoms with E-state index in [1.807, 2.05) is 0 Å². The van der Waals surface area contributed by atoms with E-state index in [4.69, 9.17) is 26.4 Å². The van der Waals surface area contributed by atoms with E-state index < -0.39 is 16.7 Å². The summed E-state index contributed by atoms with van der Waals surface area (Å²) >= 11 is 6.36. The summed E-state index contributed by atoms with van der Waals surface area (Å²) in [5.74, 6) is 0.484. The Morgan fingerprint density at radius 1 is 1.08 bits per heavy atom. The van der Waals surface area contributed by atoms with Crippen LogP contribution in [-0.2, 0) is 11.4 Å². The number of non-ortho nitro benzene ring substituents is 1. The molecule has 12 heteroatoms. The fourth-order valence-corrected chi connectivity index (χ4v) is 4.62. The number of carbonyl (C=O) groups is 2. The highest BCUT2D eigenvalue weighted by Gasteiger charge is 2.33. The highest BCUT2D eigenvalue weighted by Crippen LogP contribution is 2.34. The smallest absolute Gasteiger partial charge is 0.285 e. The van der Waals surface area contributed by atoms with Crippen LogP contribution in [0.3, 0.4) is 0 Å². The summed E-state index contributed by atoms with van der Waals surface area (Å²) in [6.45, 7) is 0.101. The van der Waals surface area contributed by atoms with Crippen molar-refractivity contribution in [1.29, 1.82) is 0 Å². The topological polar surface area (TPSA) is 120 Å². The molecule has 0 unspecified atom stereocenters. The molecule has 0 bridgehead atoms. The molecule has 38 heavy (non-hydrogen) atoms. The van der Waals surface area contributed by atoms with Gasteiger partial charge in [-0.05, 0) is 65.8 Å². The first kappa shape index (κ1) is 26.6. The molecule has 0 atom stereocenters. The zero-order valence-corrected chi connectivity index (χ0v) is 21.8. The summed E-state index contributed by atoms with van der Waals surface area (Å²) in [7, 11) is 3.01. The predicted octanol–water partition coefficient (Wildman–Crippen LogP) is 4.74. The van der Waals surface area contributed by atoms with Crippen molar-refractivity contribution in [2.45, 2.75) is 6.61 Å². The summed E-state index contributed by atoms with van der Waals surface area (Å²) in [5, 5.41) is 12.0. The number of nitrogens with one attached hydrogen (secondary N) is 1. The first-order chi connectivity index (χ1) is 18.3. The van der Waals surface area contributed by atoms with E-state index in [9.17, 15) is 19.7 Å². The number of benzene rings is 3. The summed E-state index contributed by atoms with van der Waals surface area (Å²) in [6, 6.07) is 17.7. The standard InChI is InChI=1S/C26H21N3O7S2/c1-34-20-9-7-18(8-10-20)24(30)27-28-25(31)23(38-26(28)37)14-16-6-11-21(22(13-16)35-2)36-15-17-4-3-5-19(12-17)29(32)33/h3-14H,15H2,1-2H3,(H,27,30)/b23-14+. The molecule has 4 rings (SSSR count). The minimum Gasteiger partial charge on any atom is -0.497 e. The second-order valence-electron chi connectivity index (χ2n) is 7.81. The lowest BCUT2D eigenvalue weighted by Gasteiger charge is -2.15. The molecule has 3 aromatic carbocycles. The van der Waals surface area contributed by atoms with E-state index in [1.54, 1.807) is 60.7 Å². The van der Waals surface area contributed by atoms with Gasteiger partial charge in [-0.15, -0.1) is 0 Å². The predicted molar refractivity (Wildman–Crippen MR) is 146 cm³/mol. The molecule has 1 saturated heterocycles. The zero-order valence-electron chi connectivity index (χ0n) is 20.2. The molecule has 1 aliphatic heterocycles. The van der Waals surface area contributed by atoms with Crippen LogP contribution in [0.1, 0.15) is 21.5 Å². The summed E-state index contributed by atoms with van der Waals surface area (Å²) in [5.41, 5.74) is 4.13. The van der Waals surface area contributed by atoms with Crippen LogP contribution in [-0.4, -0.2) is 40.3 Å². The van der Waals surface area contributed by atoms with Crippen molar-refractivity contribution in [3.05, 3.63) is 98.4 Å². The van der Waals surface area contributed by atoms with Gasteiger partial charge >= 0.3 is 0 Å². The largest absolute Gasteiger partial charge is 0.497 e. The molecule has 0 radical (unpaired) electrons. The van der Waals surface area contributed by atoms with Crippen LogP contribution < -0.4 is 19.6 Å². The molecular weight excluding hydrogens is 530 g/mol. The first-order valence-corrected chi connectivity index (χ1v) is 12.3. The van der Waals surface area contributed by atoms with Crippen molar-refractivity contribution in [1.82, 2.24) is 10.4 Å². The molecule has 194 valence electrons. The Morgan fingerprint density at radius 3 is 2.53 bits per heavy atom. The van der Waals surface area contributed by atoms with E-state index >= 15 is 0 Å². The molecule has 1 N–H and O–H groups in total. The van der Waals surface area contributed by atoms with Crippen molar-refractivity contribution in [2.24, 2.45) is 0 Å². The van der Waals surface area contributed by atoms with Crippen LogP contribution in [0.5, 0.6) is 17.2 Å². The van der Waals surface area contributed by atoms with Gasteiger partial charge in [0.1, 0.15) is 12.4 Å². The quantitative estimate of drug-likeness (QED) is 0.174. The van der Waals surface area contributed by atoms with Gasteiger partial charge in [0.05, 0.1) is 24.0 Å². The van der Waals surface area contributed by atoms with Crippen LogP contribution in [0.4, 0.5) is 5.69 Å². The third kappa shape index (κ3) is 6.10. The number of nitrogens with zero attached hydrogens (tertiary/aromatic N) is 2. The Bertz CT molecular complexity index is 1440. The normalized spacial score (nSPS) is 13.9. The molecule has 0 spiro atoms. The van der Waals surface area contributed by atoms with Crippen LogP contribution in [0.25, 0.3) is 6.08 Å². The highest BCUT2D eigenvalue weighted by atomic mass is 32.2. The lowest BCUT2D eigenvalue weighted by molar-refractivity contribution is -0.384. The second-order valence-corrected chi connectivity index (χ2v) is 9.49. The number of thioether (sulfide) groups is 1. The van der Waals surface area contributed by atoms with E-state index in [2.05, 4.69) is 5.43 Å². The summed E-state index contributed by atoms with van der Waals surface area (Å²) < 4.78 is 16.5. The SMILES string of the molecule is COc1ccc(C(=O)NN2C(=O)/C(=C\c3ccc(OCc4cccc([N+](=O)[O-])c4)c(OC)c3)SC2=S)cc1. The Labute approximate surface area is 227 Å². The highest BCUT2D eigenvalue weighted by molar-refractivity contribution is 8.26. The number of hydrogen-bond donors (Lipinski definition) is 1. The number of nitro benzene ring substituents is 1. The minimum absolute atomic E-state index is 0.0223. The Hall–Kier alpha value is -4.42. The average Bonchev–Trinajstić information content (AvgIpc) is 3.19. The Balaban J connectivity index is 1.45. The molecular formula is C26H21N3O7S2. The fourth-order valence-electron chi connectivity index (χ4n) is 3.44. The maximum Gasteiger partial charge on any atom is 0.285 e. The second kappa shape index (κ2) is 11.8. The van der Waals surface area contributed by atoms with E-state index in [1.165, 1.54) is 26.4 Å². The molecule has 1 fully saturated rings. The van der Waals surface area contributed by atoms with E-state index in [0.29, 0.717) is 38.8 Å². The van der Waals surface area contributed by atoms with Crippen LogP contribution in [0.2, 0.25) is 0 Å². The number of carbonyl (C=O) groups excluding carboxylic acids is 2. The van der Waals surface area contributed by atoms with Crippen LogP contribution in [0, 0.1) is 10.1 Å². The van der Waals surface area contributed by atoms with Gasteiger partial charge in [-0.2, -0.15) is 5.01 Å². The number of thiocarbonyl (C=S) groups is 1. The molecule has 1 heterocycles. The average molecular weight is 552 g/mol. The summed E-state index contributed by atoms with van der Waals surface area (Å²) in [4.78, 5) is 36.4. The van der Waals surface area contributed by atoms with Gasteiger partial charge in [0.2, 0.25) is 0 Å². The lowest BCUT2D eigenvalue weighted by atomic mass is 10.1.